The van der Waals surface area contributed by atoms with Crippen LogP contribution in [0.4, 0.5) is 5.69 Å². The van der Waals surface area contributed by atoms with Gasteiger partial charge in [0.15, 0.2) is 19.9 Å². The Morgan fingerprint density at radius 1 is 0.793 bits per heavy atom. The Morgan fingerprint density at radius 2 is 1.31 bits per heavy atom. The van der Waals surface area contributed by atoms with Gasteiger partial charge in [-0.15, -0.1) is 0 Å². The first-order valence-corrected chi connectivity index (χ1v) is 11.9. The van der Waals surface area contributed by atoms with Crippen LogP contribution in [0.1, 0.15) is 6.42 Å². The fourth-order valence-corrected chi connectivity index (χ4v) is 6.59. The lowest BCUT2D eigenvalue weighted by atomic mass is 10.3. The molecular weight excluding hydrogens is 406 g/mol. The van der Waals surface area contributed by atoms with Gasteiger partial charge in [-0.25, -0.2) is 8.42 Å². The molecule has 1 aliphatic heterocycles. The van der Waals surface area contributed by atoms with Crippen LogP contribution >= 0.6 is 0 Å². The summed E-state index contributed by atoms with van der Waals surface area (Å²) >= 11 is 0. The SMILES string of the molecule is O=C1OCCC1S(=O)(=O)Nc1ccc([S+](c2ccccc2)c2ccccc2)cc1. The number of anilines is 1. The van der Waals surface area contributed by atoms with Crippen molar-refractivity contribution in [2.45, 2.75) is 26.4 Å². The lowest BCUT2D eigenvalue weighted by Gasteiger charge is -2.12. The Hall–Kier alpha value is -2.77. The van der Waals surface area contributed by atoms with Crippen LogP contribution in [-0.4, -0.2) is 26.2 Å². The molecule has 4 rings (SSSR count). The summed E-state index contributed by atoms with van der Waals surface area (Å²) in [6.07, 6.45) is 0.178. The Kier molecular flexibility index (Phi) is 5.60. The molecule has 3 aromatic carbocycles. The van der Waals surface area contributed by atoms with E-state index in [1.54, 1.807) is 12.1 Å². The fraction of sp³-hybridized carbons (Fsp3) is 0.136. The minimum atomic E-state index is -3.82. The molecule has 1 atom stereocenters. The number of carbonyl (C=O) groups is 1. The zero-order chi connectivity index (χ0) is 20.3. The number of hydrogen-bond acceptors (Lipinski definition) is 4. The van der Waals surface area contributed by atoms with Gasteiger partial charge in [-0.05, 0) is 48.5 Å². The molecule has 1 saturated heterocycles. The van der Waals surface area contributed by atoms with Gasteiger partial charge in [-0.2, -0.15) is 0 Å². The number of hydrogen-bond donors (Lipinski definition) is 1. The normalized spacial score (nSPS) is 16.6. The summed E-state index contributed by atoms with van der Waals surface area (Å²) in [6, 6.07) is 27.7. The summed E-state index contributed by atoms with van der Waals surface area (Å²) in [5, 5.41) is -1.15. The maximum atomic E-state index is 12.5. The van der Waals surface area contributed by atoms with Crippen molar-refractivity contribution in [2.24, 2.45) is 0 Å². The van der Waals surface area contributed by atoms with Crippen molar-refractivity contribution in [1.29, 1.82) is 0 Å². The van der Waals surface area contributed by atoms with E-state index in [4.69, 9.17) is 4.74 Å². The van der Waals surface area contributed by atoms with Crippen molar-refractivity contribution in [2.75, 3.05) is 11.3 Å². The molecule has 5 nitrogen and oxygen atoms in total. The highest BCUT2D eigenvalue weighted by atomic mass is 32.2. The topological polar surface area (TPSA) is 72.5 Å². The zero-order valence-corrected chi connectivity index (χ0v) is 17.2. The summed E-state index contributed by atoms with van der Waals surface area (Å²) in [6.45, 7) is 0.139. The molecule has 1 aliphatic rings. The maximum absolute atomic E-state index is 12.5. The number of cyclic esters (lactones) is 1. The Morgan fingerprint density at radius 3 is 1.79 bits per heavy atom. The van der Waals surface area contributed by atoms with Crippen molar-refractivity contribution in [3.8, 4) is 0 Å². The van der Waals surface area contributed by atoms with E-state index >= 15 is 0 Å². The van der Waals surface area contributed by atoms with Crippen LogP contribution in [0.5, 0.6) is 0 Å². The van der Waals surface area contributed by atoms with Gasteiger partial charge in [0.1, 0.15) is 0 Å². The molecule has 0 bridgehead atoms. The van der Waals surface area contributed by atoms with Gasteiger partial charge in [-0.1, -0.05) is 36.4 Å². The van der Waals surface area contributed by atoms with Gasteiger partial charge >= 0.3 is 5.97 Å². The van der Waals surface area contributed by atoms with E-state index in [1.807, 2.05) is 48.5 Å². The number of ether oxygens (including phenoxy) is 1. The highest BCUT2D eigenvalue weighted by Gasteiger charge is 2.38. The molecule has 29 heavy (non-hydrogen) atoms. The van der Waals surface area contributed by atoms with Crippen LogP contribution < -0.4 is 4.72 Å². The van der Waals surface area contributed by atoms with Gasteiger partial charge < -0.3 is 4.74 Å². The first-order chi connectivity index (χ1) is 14.0. The third kappa shape index (κ3) is 4.31. The predicted octanol–water partition coefficient (Wildman–Crippen LogP) is 3.84. The number of carbonyl (C=O) groups excluding carboxylic acids is 1. The van der Waals surface area contributed by atoms with Crippen LogP contribution in [0.25, 0.3) is 0 Å². The zero-order valence-electron chi connectivity index (χ0n) is 15.5. The molecule has 148 valence electrons. The first kappa shape index (κ1) is 19.5. The maximum Gasteiger partial charge on any atom is 0.326 e. The molecule has 3 aromatic rings. The van der Waals surface area contributed by atoms with Gasteiger partial charge in [0.05, 0.1) is 17.5 Å². The lowest BCUT2D eigenvalue weighted by Crippen LogP contribution is -2.31. The summed E-state index contributed by atoms with van der Waals surface area (Å²) in [5.41, 5.74) is 0.429. The van der Waals surface area contributed by atoms with Crippen LogP contribution in [0.2, 0.25) is 0 Å². The second kappa shape index (κ2) is 8.31. The van der Waals surface area contributed by atoms with E-state index in [1.165, 1.54) is 9.79 Å². The van der Waals surface area contributed by atoms with Crippen molar-refractivity contribution >= 4 is 32.6 Å². The number of nitrogens with one attached hydrogen (secondary N) is 1. The van der Waals surface area contributed by atoms with E-state index in [-0.39, 0.29) is 23.9 Å². The van der Waals surface area contributed by atoms with Crippen LogP contribution in [0.3, 0.4) is 0 Å². The van der Waals surface area contributed by atoms with Gasteiger partial charge in [0, 0.05) is 12.1 Å². The molecule has 0 aliphatic carbocycles. The number of benzene rings is 3. The molecule has 0 amide bonds. The monoisotopic (exact) mass is 426 g/mol. The average molecular weight is 427 g/mol. The molecule has 0 aromatic heterocycles. The predicted molar refractivity (Wildman–Crippen MR) is 113 cm³/mol. The van der Waals surface area contributed by atoms with Crippen LogP contribution in [-0.2, 0) is 30.4 Å². The third-order valence-electron chi connectivity index (χ3n) is 4.57. The lowest BCUT2D eigenvalue weighted by molar-refractivity contribution is -0.137. The highest BCUT2D eigenvalue weighted by molar-refractivity contribution is 7.97. The molecule has 0 saturated carbocycles. The first-order valence-electron chi connectivity index (χ1n) is 9.17. The number of esters is 1. The second-order valence-corrected chi connectivity index (χ2v) is 10.4. The molecule has 0 spiro atoms. The minimum absolute atomic E-state index is 0.139. The Labute approximate surface area is 173 Å². The van der Waals surface area contributed by atoms with Crippen molar-refractivity contribution in [3.63, 3.8) is 0 Å². The standard InChI is InChI=1S/C22H20NO4S2/c24-22-21(15-16-27-22)29(25,26)23-17-11-13-20(14-12-17)28(18-7-3-1-4-8-18)19-9-5-2-6-10-19/h1-14,21,23H,15-16H2/q+1. The molecule has 1 fully saturated rings. The largest absolute Gasteiger partial charge is 0.465 e. The van der Waals surface area contributed by atoms with Gasteiger partial charge in [0.2, 0.25) is 10.0 Å². The fourth-order valence-electron chi connectivity index (χ4n) is 3.18. The quantitative estimate of drug-likeness (QED) is 0.480. The van der Waals surface area contributed by atoms with E-state index in [9.17, 15) is 13.2 Å². The number of sulfonamides is 1. The number of rotatable bonds is 6. The molecule has 7 heteroatoms. The van der Waals surface area contributed by atoms with E-state index in [0.717, 1.165) is 4.90 Å². The average Bonchev–Trinajstić information content (AvgIpc) is 3.18. The molecule has 0 radical (unpaired) electrons. The van der Waals surface area contributed by atoms with Gasteiger partial charge in [0.25, 0.3) is 0 Å². The van der Waals surface area contributed by atoms with Crippen LogP contribution in [0, 0.1) is 0 Å². The van der Waals surface area contributed by atoms with Crippen LogP contribution in [0.15, 0.2) is 99.6 Å². The smallest absolute Gasteiger partial charge is 0.326 e. The molecular formula is C22H20NO4S2+. The van der Waals surface area contributed by atoms with E-state index in [2.05, 4.69) is 29.0 Å². The third-order valence-corrected chi connectivity index (χ3v) is 8.50. The minimum Gasteiger partial charge on any atom is -0.465 e. The Bertz CT molecular complexity index is 1050. The summed E-state index contributed by atoms with van der Waals surface area (Å²) in [7, 11) is -4.13. The highest BCUT2D eigenvalue weighted by Crippen LogP contribution is 2.32. The summed E-state index contributed by atoms with van der Waals surface area (Å²) in [5.74, 6) is -0.691. The molecule has 1 heterocycles. The van der Waals surface area contributed by atoms with Crippen molar-refractivity contribution in [3.05, 3.63) is 84.9 Å². The summed E-state index contributed by atoms with van der Waals surface area (Å²) < 4.78 is 32.2. The van der Waals surface area contributed by atoms with Crippen molar-refractivity contribution in [1.82, 2.24) is 0 Å². The summed E-state index contributed by atoms with van der Waals surface area (Å²) in [4.78, 5) is 15.1. The van der Waals surface area contributed by atoms with E-state index < -0.39 is 21.2 Å². The van der Waals surface area contributed by atoms with Gasteiger partial charge in [-0.3, -0.25) is 9.52 Å². The second-order valence-electron chi connectivity index (χ2n) is 6.55. The molecule has 1 unspecified atom stereocenters. The van der Waals surface area contributed by atoms with E-state index in [0.29, 0.717) is 5.69 Å². The molecule has 1 N–H and O–H groups in total. The van der Waals surface area contributed by atoms with Crippen molar-refractivity contribution < 1.29 is 17.9 Å². The Balaban J connectivity index is 1.62.